The van der Waals surface area contributed by atoms with Crippen molar-refractivity contribution in [1.82, 2.24) is 9.80 Å². The lowest BCUT2D eigenvalue weighted by Gasteiger charge is -2.39. The first kappa shape index (κ1) is 12.6. The zero-order valence-corrected chi connectivity index (χ0v) is 10.7. The maximum Gasteiger partial charge on any atom is 0.0234 e. The third kappa shape index (κ3) is 3.53. The van der Waals surface area contributed by atoms with Gasteiger partial charge in [0.15, 0.2) is 0 Å². The average molecular weight is 233 g/mol. The number of hydrogen-bond donors (Lipinski definition) is 1. The Labute approximate surface area is 104 Å². The fraction of sp³-hybridized carbons (Fsp3) is 0.571. The second-order valence-corrected chi connectivity index (χ2v) is 4.89. The van der Waals surface area contributed by atoms with E-state index in [1.165, 1.54) is 5.56 Å². The van der Waals surface area contributed by atoms with E-state index in [0.717, 1.165) is 39.3 Å². The highest BCUT2D eigenvalue weighted by atomic mass is 15.3. The van der Waals surface area contributed by atoms with E-state index >= 15 is 0 Å². The minimum absolute atomic E-state index is 0.621. The molecule has 0 aromatic heterocycles. The van der Waals surface area contributed by atoms with Gasteiger partial charge in [0.1, 0.15) is 0 Å². The van der Waals surface area contributed by atoms with Crippen LogP contribution in [0.4, 0.5) is 0 Å². The van der Waals surface area contributed by atoms with Gasteiger partial charge in [0.25, 0.3) is 0 Å². The zero-order valence-electron chi connectivity index (χ0n) is 10.7. The molecule has 2 rings (SSSR count). The molecule has 1 atom stereocenters. The summed E-state index contributed by atoms with van der Waals surface area (Å²) in [7, 11) is 0. The monoisotopic (exact) mass is 233 g/mol. The van der Waals surface area contributed by atoms with Crippen molar-refractivity contribution < 1.29 is 0 Å². The van der Waals surface area contributed by atoms with Crippen LogP contribution in [-0.2, 0) is 6.54 Å². The highest BCUT2D eigenvalue weighted by molar-refractivity contribution is 5.14. The van der Waals surface area contributed by atoms with E-state index < -0.39 is 0 Å². The fourth-order valence-electron chi connectivity index (χ4n) is 2.55. The molecule has 0 unspecified atom stereocenters. The summed E-state index contributed by atoms with van der Waals surface area (Å²) in [5, 5.41) is 0. The molecule has 1 aromatic rings. The number of rotatable bonds is 4. The number of hydrogen-bond acceptors (Lipinski definition) is 3. The van der Waals surface area contributed by atoms with Crippen LogP contribution in [0.3, 0.4) is 0 Å². The Balaban J connectivity index is 1.85. The number of nitrogens with two attached hydrogens (primary N) is 1. The van der Waals surface area contributed by atoms with Crippen LogP contribution in [0.2, 0.25) is 0 Å². The molecular formula is C14H23N3. The van der Waals surface area contributed by atoms with E-state index in [1.807, 2.05) is 0 Å². The lowest BCUT2D eigenvalue weighted by molar-refractivity contribution is 0.0815. The van der Waals surface area contributed by atoms with Gasteiger partial charge < -0.3 is 5.73 Å². The van der Waals surface area contributed by atoms with Crippen molar-refractivity contribution in [2.24, 2.45) is 5.73 Å². The van der Waals surface area contributed by atoms with Crippen LogP contribution in [0, 0.1) is 0 Å². The average Bonchev–Trinajstić information content (AvgIpc) is 2.34. The van der Waals surface area contributed by atoms with Crippen molar-refractivity contribution in [2.45, 2.75) is 19.5 Å². The lowest BCUT2D eigenvalue weighted by Crippen LogP contribution is -2.52. The summed E-state index contributed by atoms with van der Waals surface area (Å²) in [6.07, 6.45) is 0. The summed E-state index contributed by atoms with van der Waals surface area (Å²) >= 11 is 0. The molecule has 2 N–H and O–H groups in total. The second kappa shape index (κ2) is 6.15. The van der Waals surface area contributed by atoms with E-state index in [4.69, 9.17) is 5.73 Å². The molecule has 17 heavy (non-hydrogen) atoms. The number of nitrogens with zero attached hydrogens (tertiary/aromatic N) is 2. The Hall–Kier alpha value is -0.900. The standard InChI is InChI=1S/C14H23N3/c1-13-11-16(9-10-17(13)8-7-15)12-14-5-3-2-4-6-14/h2-6,13H,7-12,15H2,1H3/t13-/m1/s1. The number of benzene rings is 1. The molecule has 0 aliphatic carbocycles. The van der Waals surface area contributed by atoms with Crippen LogP contribution >= 0.6 is 0 Å². The van der Waals surface area contributed by atoms with E-state index in [1.54, 1.807) is 0 Å². The summed E-state index contributed by atoms with van der Waals surface area (Å²) in [5.74, 6) is 0. The Morgan fingerprint density at radius 3 is 2.65 bits per heavy atom. The predicted molar refractivity (Wildman–Crippen MR) is 71.8 cm³/mol. The molecule has 3 heteroatoms. The van der Waals surface area contributed by atoms with Crippen LogP contribution in [-0.4, -0.2) is 48.6 Å². The Morgan fingerprint density at radius 2 is 2.00 bits per heavy atom. The third-order valence-corrected chi connectivity index (χ3v) is 3.51. The Kier molecular flexibility index (Phi) is 4.54. The van der Waals surface area contributed by atoms with Crippen LogP contribution in [0.25, 0.3) is 0 Å². The van der Waals surface area contributed by atoms with Gasteiger partial charge in [0.2, 0.25) is 0 Å². The minimum Gasteiger partial charge on any atom is -0.329 e. The summed E-state index contributed by atoms with van der Waals surface area (Å²) in [5.41, 5.74) is 7.03. The van der Waals surface area contributed by atoms with Crippen LogP contribution in [0.5, 0.6) is 0 Å². The SMILES string of the molecule is C[C@@H]1CN(Cc2ccccc2)CCN1CCN. The molecule has 94 valence electrons. The van der Waals surface area contributed by atoms with Gasteiger partial charge in [0.05, 0.1) is 0 Å². The van der Waals surface area contributed by atoms with E-state index in [2.05, 4.69) is 47.1 Å². The van der Waals surface area contributed by atoms with E-state index in [9.17, 15) is 0 Å². The van der Waals surface area contributed by atoms with Crippen molar-refractivity contribution in [1.29, 1.82) is 0 Å². The normalized spacial score (nSPS) is 22.8. The largest absolute Gasteiger partial charge is 0.329 e. The molecule has 3 nitrogen and oxygen atoms in total. The first-order valence-electron chi connectivity index (χ1n) is 6.50. The first-order valence-corrected chi connectivity index (χ1v) is 6.50. The topological polar surface area (TPSA) is 32.5 Å². The molecule has 1 fully saturated rings. The second-order valence-electron chi connectivity index (χ2n) is 4.89. The van der Waals surface area contributed by atoms with Gasteiger partial charge in [-0.15, -0.1) is 0 Å². The molecule has 1 heterocycles. The van der Waals surface area contributed by atoms with Gasteiger partial charge >= 0.3 is 0 Å². The molecule has 0 radical (unpaired) electrons. The fourth-order valence-corrected chi connectivity index (χ4v) is 2.55. The molecule has 1 aliphatic heterocycles. The molecule has 0 spiro atoms. The van der Waals surface area contributed by atoms with Crippen molar-refractivity contribution in [3.8, 4) is 0 Å². The molecular weight excluding hydrogens is 210 g/mol. The molecule has 1 aromatic carbocycles. The van der Waals surface area contributed by atoms with Gasteiger partial charge in [-0.3, -0.25) is 9.80 Å². The van der Waals surface area contributed by atoms with Crippen molar-refractivity contribution >= 4 is 0 Å². The van der Waals surface area contributed by atoms with Gasteiger partial charge in [-0.1, -0.05) is 30.3 Å². The van der Waals surface area contributed by atoms with Gasteiger partial charge in [-0.05, 0) is 12.5 Å². The summed E-state index contributed by atoms with van der Waals surface area (Å²) in [4.78, 5) is 5.02. The summed E-state index contributed by atoms with van der Waals surface area (Å²) in [6, 6.07) is 11.3. The van der Waals surface area contributed by atoms with E-state index in [-0.39, 0.29) is 0 Å². The predicted octanol–water partition coefficient (Wildman–Crippen LogP) is 1.15. The zero-order chi connectivity index (χ0) is 12.1. The highest BCUT2D eigenvalue weighted by Gasteiger charge is 2.22. The van der Waals surface area contributed by atoms with Gasteiger partial charge in [-0.2, -0.15) is 0 Å². The maximum absolute atomic E-state index is 5.62. The summed E-state index contributed by atoms with van der Waals surface area (Å²) < 4.78 is 0. The Bertz CT molecular complexity index is 325. The van der Waals surface area contributed by atoms with Crippen molar-refractivity contribution in [2.75, 3.05) is 32.7 Å². The molecule has 0 bridgehead atoms. The first-order chi connectivity index (χ1) is 8.29. The third-order valence-electron chi connectivity index (χ3n) is 3.51. The Morgan fingerprint density at radius 1 is 1.24 bits per heavy atom. The van der Waals surface area contributed by atoms with Crippen molar-refractivity contribution in [3.63, 3.8) is 0 Å². The smallest absolute Gasteiger partial charge is 0.0234 e. The summed E-state index contributed by atoms with van der Waals surface area (Å²) in [6.45, 7) is 8.61. The van der Waals surface area contributed by atoms with Crippen LogP contribution in [0.15, 0.2) is 30.3 Å². The molecule has 0 amide bonds. The lowest BCUT2D eigenvalue weighted by atomic mass is 10.1. The van der Waals surface area contributed by atoms with Crippen LogP contribution in [0.1, 0.15) is 12.5 Å². The van der Waals surface area contributed by atoms with Crippen molar-refractivity contribution in [3.05, 3.63) is 35.9 Å². The van der Waals surface area contributed by atoms with Crippen LogP contribution < -0.4 is 5.73 Å². The van der Waals surface area contributed by atoms with Gasteiger partial charge in [-0.25, -0.2) is 0 Å². The minimum atomic E-state index is 0.621. The highest BCUT2D eigenvalue weighted by Crippen LogP contribution is 2.12. The maximum atomic E-state index is 5.62. The number of piperazine rings is 1. The molecule has 0 saturated carbocycles. The quantitative estimate of drug-likeness (QED) is 0.847. The molecule has 1 aliphatic rings. The molecule has 1 saturated heterocycles. The van der Waals surface area contributed by atoms with E-state index in [0.29, 0.717) is 6.04 Å². The van der Waals surface area contributed by atoms with Gasteiger partial charge in [0, 0.05) is 45.3 Å².